The zero-order valence-corrected chi connectivity index (χ0v) is 13.1. The van der Waals surface area contributed by atoms with Crippen molar-refractivity contribution in [1.82, 2.24) is 14.7 Å². The molecular formula is C15H22N4OS. The van der Waals surface area contributed by atoms with Gasteiger partial charge in [0.2, 0.25) is 0 Å². The van der Waals surface area contributed by atoms with Crippen molar-refractivity contribution in [3.8, 4) is 0 Å². The fraction of sp³-hybridized carbons (Fsp3) is 0.667. The van der Waals surface area contributed by atoms with E-state index in [1.54, 1.807) is 11.3 Å². The predicted octanol–water partition coefficient (Wildman–Crippen LogP) is 1.85. The second-order valence-corrected chi connectivity index (χ2v) is 7.25. The van der Waals surface area contributed by atoms with Gasteiger partial charge in [-0.25, -0.2) is 4.98 Å². The highest BCUT2D eigenvalue weighted by atomic mass is 32.1. The number of imidazole rings is 1. The largest absolute Gasteiger partial charge is 0.393 e. The van der Waals surface area contributed by atoms with Gasteiger partial charge in [0, 0.05) is 37.3 Å². The Kier molecular flexibility index (Phi) is 3.40. The number of hydrogen-bond acceptors (Lipinski definition) is 5. The van der Waals surface area contributed by atoms with E-state index in [9.17, 15) is 5.11 Å². The van der Waals surface area contributed by atoms with Gasteiger partial charge in [0.25, 0.3) is 0 Å². The molecule has 0 amide bonds. The SMILES string of the molecule is CC1CN(c2nc3sccn3c2CNC2CC2)CCC1O. The first-order chi connectivity index (χ1) is 10.2. The summed E-state index contributed by atoms with van der Waals surface area (Å²) in [5.74, 6) is 1.41. The molecule has 1 aliphatic heterocycles. The molecule has 4 rings (SSSR count). The Balaban J connectivity index is 1.63. The maximum Gasteiger partial charge on any atom is 0.195 e. The number of hydrogen-bond donors (Lipinski definition) is 2. The van der Waals surface area contributed by atoms with Crippen molar-refractivity contribution in [2.75, 3.05) is 18.0 Å². The van der Waals surface area contributed by atoms with Crippen LogP contribution in [0.25, 0.3) is 4.96 Å². The Labute approximate surface area is 128 Å². The average molecular weight is 306 g/mol. The average Bonchev–Trinajstić information content (AvgIpc) is 3.07. The minimum Gasteiger partial charge on any atom is -0.393 e. The molecule has 1 saturated heterocycles. The van der Waals surface area contributed by atoms with E-state index in [0.717, 1.165) is 36.8 Å². The Morgan fingerprint density at radius 2 is 2.29 bits per heavy atom. The summed E-state index contributed by atoms with van der Waals surface area (Å²) < 4.78 is 2.21. The molecule has 3 heterocycles. The molecule has 5 nitrogen and oxygen atoms in total. The molecule has 2 aromatic heterocycles. The number of anilines is 1. The number of nitrogens with zero attached hydrogens (tertiary/aromatic N) is 3. The number of thiazole rings is 1. The van der Waals surface area contributed by atoms with Crippen LogP contribution in [0.2, 0.25) is 0 Å². The molecule has 2 aromatic rings. The minimum absolute atomic E-state index is 0.168. The summed E-state index contributed by atoms with van der Waals surface area (Å²) in [5.41, 5.74) is 1.27. The Morgan fingerprint density at radius 3 is 3.05 bits per heavy atom. The van der Waals surface area contributed by atoms with E-state index in [-0.39, 0.29) is 6.10 Å². The van der Waals surface area contributed by atoms with Crippen LogP contribution in [0, 0.1) is 5.92 Å². The fourth-order valence-electron chi connectivity index (χ4n) is 3.09. The van der Waals surface area contributed by atoms with Crippen LogP contribution < -0.4 is 10.2 Å². The smallest absolute Gasteiger partial charge is 0.195 e. The van der Waals surface area contributed by atoms with E-state index >= 15 is 0 Å². The van der Waals surface area contributed by atoms with Crippen molar-refractivity contribution in [3.05, 3.63) is 17.3 Å². The third-order valence-corrected chi connectivity index (χ3v) is 5.39. The van der Waals surface area contributed by atoms with Crippen LogP contribution in [0.4, 0.5) is 5.82 Å². The van der Waals surface area contributed by atoms with Gasteiger partial charge >= 0.3 is 0 Å². The Hall–Kier alpha value is -1.11. The summed E-state index contributed by atoms with van der Waals surface area (Å²) in [5, 5.41) is 15.6. The monoisotopic (exact) mass is 306 g/mol. The van der Waals surface area contributed by atoms with E-state index in [4.69, 9.17) is 4.98 Å². The molecule has 0 bridgehead atoms. The fourth-order valence-corrected chi connectivity index (χ4v) is 3.82. The van der Waals surface area contributed by atoms with Crippen molar-refractivity contribution in [2.24, 2.45) is 5.92 Å². The summed E-state index contributed by atoms with van der Waals surface area (Å²) in [4.78, 5) is 8.25. The summed E-state index contributed by atoms with van der Waals surface area (Å²) in [6.07, 6.45) is 5.38. The second-order valence-electron chi connectivity index (χ2n) is 6.37. The lowest BCUT2D eigenvalue weighted by Gasteiger charge is -2.35. The van der Waals surface area contributed by atoms with Crippen molar-refractivity contribution in [3.63, 3.8) is 0 Å². The van der Waals surface area contributed by atoms with E-state index in [0.29, 0.717) is 12.0 Å². The maximum atomic E-state index is 9.93. The van der Waals surface area contributed by atoms with Gasteiger partial charge in [-0.3, -0.25) is 4.40 Å². The van der Waals surface area contributed by atoms with Crippen molar-refractivity contribution >= 4 is 22.1 Å². The van der Waals surface area contributed by atoms with Gasteiger partial charge in [-0.1, -0.05) is 6.92 Å². The molecule has 0 radical (unpaired) electrons. The van der Waals surface area contributed by atoms with E-state index < -0.39 is 0 Å². The molecule has 1 saturated carbocycles. The van der Waals surface area contributed by atoms with Crippen LogP contribution in [0.5, 0.6) is 0 Å². The number of piperidine rings is 1. The van der Waals surface area contributed by atoms with E-state index in [1.165, 1.54) is 18.5 Å². The molecular weight excluding hydrogens is 284 g/mol. The highest BCUT2D eigenvalue weighted by Crippen LogP contribution is 2.29. The number of fused-ring (bicyclic) bond motifs is 1. The normalized spacial score (nSPS) is 26.7. The van der Waals surface area contributed by atoms with Gasteiger partial charge in [0.1, 0.15) is 0 Å². The van der Waals surface area contributed by atoms with Gasteiger partial charge in [-0.2, -0.15) is 0 Å². The van der Waals surface area contributed by atoms with Crippen molar-refractivity contribution in [1.29, 1.82) is 0 Å². The molecule has 2 fully saturated rings. The summed E-state index contributed by atoms with van der Waals surface area (Å²) >= 11 is 1.69. The van der Waals surface area contributed by atoms with Crippen LogP contribution in [-0.2, 0) is 6.54 Å². The summed E-state index contributed by atoms with van der Waals surface area (Å²) in [6, 6.07) is 0.698. The number of nitrogens with one attached hydrogen (secondary N) is 1. The standard InChI is InChI=1S/C15H22N4OS/c1-10-9-18(5-4-13(10)20)14-12(8-16-11-2-3-11)19-6-7-21-15(19)17-14/h6-7,10-11,13,16,20H,2-5,8-9H2,1H3. The number of rotatable bonds is 4. The van der Waals surface area contributed by atoms with Gasteiger partial charge in [-0.05, 0) is 25.2 Å². The Morgan fingerprint density at radius 1 is 1.43 bits per heavy atom. The first-order valence-electron chi connectivity index (χ1n) is 7.83. The van der Waals surface area contributed by atoms with E-state index in [1.807, 2.05) is 0 Å². The molecule has 2 atom stereocenters. The van der Waals surface area contributed by atoms with Crippen LogP contribution >= 0.6 is 11.3 Å². The number of aromatic nitrogens is 2. The third kappa shape index (κ3) is 2.56. The molecule has 114 valence electrons. The maximum absolute atomic E-state index is 9.93. The van der Waals surface area contributed by atoms with Gasteiger partial charge in [0.05, 0.1) is 11.8 Å². The van der Waals surface area contributed by atoms with Crippen LogP contribution in [-0.4, -0.2) is 39.7 Å². The van der Waals surface area contributed by atoms with Gasteiger partial charge in [0.15, 0.2) is 10.8 Å². The lowest BCUT2D eigenvalue weighted by molar-refractivity contribution is 0.0968. The predicted molar refractivity (Wildman–Crippen MR) is 84.9 cm³/mol. The van der Waals surface area contributed by atoms with Crippen molar-refractivity contribution in [2.45, 2.75) is 44.9 Å². The highest BCUT2D eigenvalue weighted by Gasteiger charge is 2.29. The lowest BCUT2D eigenvalue weighted by atomic mass is 9.97. The molecule has 0 aromatic carbocycles. The third-order valence-electron chi connectivity index (χ3n) is 4.63. The summed E-state index contributed by atoms with van der Waals surface area (Å²) in [6.45, 7) is 4.79. The first-order valence-corrected chi connectivity index (χ1v) is 8.71. The topological polar surface area (TPSA) is 52.8 Å². The molecule has 2 N–H and O–H groups in total. The zero-order valence-electron chi connectivity index (χ0n) is 12.3. The molecule has 0 spiro atoms. The lowest BCUT2D eigenvalue weighted by Crippen LogP contribution is -2.42. The van der Waals surface area contributed by atoms with E-state index in [2.05, 4.69) is 33.1 Å². The molecule has 2 aliphatic rings. The highest BCUT2D eigenvalue weighted by molar-refractivity contribution is 7.15. The number of aliphatic hydroxyl groups is 1. The Bertz CT molecular complexity index is 633. The van der Waals surface area contributed by atoms with Crippen molar-refractivity contribution < 1.29 is 5.11 Å². The molecule has 2 unspecified atom stereocenters. The minimum atomic E-state index is -0.168. The first kappa shape index (κ1) is 13.5. The number of aliphatic hydroxyl groups excluding tert-OH is 1. The van der Waals surface area contributed by atoms with Gasteiger partial charge in [-0.15, -0.1) is 11.3 Å². The zero-order chi connectivity index (χ0) is 14.4. The summed E-state index contributed by atoms with van der Waals surface area (Å²) in [7, 11) is 0. The molecule has 21 heavy (non-hydrogen) atoms. The molecule has 1 aliphatic carbocycles. The van der Waals surface area contributed by atoms with Crippen LogP contribution in [0.3, 0.4) is 0 Å². The molecule has 6 heteroatoms. The van der Waals surface area contributed by atoms with Gasteiger partial charge < -0.3 is 15.3 Å². The van der Waals surface area contributed by atoms with Crippen LogP contribution in [0.1, 0.15) is 31.9 Å². The quantitative estimate of drug-likeness (QED) is 0.905. The van der Waals surface area contributed by atoms with Crippen LogP contribution in [0.15, 0.2) is 11.6 Å². The second kappa shape index (κ2) is 5.26.